The van der Waals surface area contributed by atoms with E-state index in [9.17, 15) is 9.59 Å². The highest BCUT2D eigenvalue weighted by atomic mass is 32.2. The minimum atomic E-state index is -0.331. The van der Waals surface area contributed by atoms with Crippen molar-refractivity contribution >= 4 is 40.9 Å². The van der Waals surface area contributed by atoms with E-state index in [0.29, 0.717) is 23.0 Å². The van der Waals surface area contributed by atoms with Gasteiger partial charge >= 0.3 is 6.03 Å². The van der Waals surface area contributed by atoms with Gasteiger partial charge in [0.05, 0.1) is 29.6 Å². The molecule has 2 aromatic carbocycles. The first-order valence-electron chi connectivity index (χ1n) is 17.9. The van der Waals surface area contributed by atoms with Gasteiger partial charge in [-0.05, 0) is 94.4 Å². The molecule has 0 aliphatic carbocycles. The van der Waals surface area contributed by atoms with Crippen LogP contribution in [0.4, 0.5) is 21.9 Å². The zero-order valence-electron chi connectivity index (χ0n) is 29.3. The van der Waals surface area contributed by atoms with Gasteiger partial charge in [-0.3, -0.25) is 14.0 Å². The fraction of sp³-hybridized carbons (Fsp3) is 0.514. The summed E-state index contributed by atoms with van der Waals surface area (Å²) < 4.78 is 7.89. The number of nitrogens with one attached hydrogen (secondary N) is 2. The molecule has 11 nitrogen and oxygen atoms in total. The van der Waals surface area contributed by atoms with Gasteiger partial charge in [-0.25, -0.2) is 4.79 Å². The average molecular weight is 689 g/mol. The van der Waals surface area contributed by atoms with Crippen LogP contribution in [0, 0.1) is 0 Å². The molecule has 49 heavy (non-hydrogen) atoms. The van der Waals surface area contributed by atoms with Crippen LogP contribution in [-0.4, -0.2) is 128 Å². The van der Waals surface area contributed by atoms with Crippen LogP contribution in [-0.2, 0) is 4.74 Å². The van der Waals surface area contributed by atoms with E-state index >= 15 is 0 Å². The molecule has 3 fully saturated rings. The highest BCUT2D eigenvalue weighted by Gasteiger charge is 2.26. The van der Waals surface area contributed by atoms with E-state index in [1.807, 2.05) is 29.2 Å². The molecule has 0 atom stereocenters. The van der Waals surface area contributed by atoms with E-state index in [4.69, 9.17) is 4.74 Å². The number of urea groups is 1. The normalized spacial score (nSPS) is 19.8. The first kappa shape index (κ1) is 35.1. The fourth-order valence-corrected chi connectivity index (χ4v) is 7.81. The molecular formula is C37H52N8O3S. The van der Waals surface area contributed by atoms with Gasteiger partial charge < -0.3 is 35.0 Å². The Bertz CT molecular complexity index is 1470. The van der Waals surface area contributed by atoms with Crippen LogP contribution in [0.15, 0.2) is 71.5 Å². The molecule has 3 amide bonds. The fourth-order valence-electron chi connectivity index (χ4n) is 6.74. The zero-order chi connectivity index (χ0) is 34.2. The van der Waals surface area contributed by atoms with Crippen molar-refractivity contribution in [3.05, 3.63) is 77.1 Å². The number of ether oxygens (including phenoxy) is 1. The van der Waals surface area contributed by atoms with E-state index < -0.39 is 0 Å². The quantitative estimate of drug-likeness (QED) is 0.337. The Morgan fingerprint density at radius 3 is 2.12 bits per heavy atom. The molecule has 4 aliphatic heterocycles. The summed E-state index contributed by atoms with van der Waals surface area (Å²) in [6, 6.07) is 15.3. The molecule has 0 spiro atoms. The van der Waals surface area contributed by atoms with Crippen LogP contribution >= 0.6 is 11.9 Å². The van der Waals surface area contributed by atoms with Gasteiger partial charge in [0.2, 0.25) is 0 Å². The largest absolute Gasteiger partial charge is 0.378 e. The summed E-state index contributed by atoms with van der Waals surface area (Å²) in [4.78, 5) is 37.7. The number of hydrogen-bond acceptors (Lipinski definition) is 9. The Hall–Kier alpha value is -3.71. The average Bonchev–Trinajstić information content (AvgIpc) is 3.38. The number of nitrogens with zero attached hydrogens (tertiary/aromatic N) is 6. The van der Waals surface area contributed by atoms with Crippen molar-refractivity contribution in [3.63, 3.8) is 0 Å². The van der Waals surface area contributed by atoms with E-state index in [-0.39, 0.29) is 11.9 Å². The van der Waals surface area contributed by atoms with Crippen molar-refractivity contribution < 1.29 is 14.3 Å². The number of carbonyl (C=O) groups is 2. The van der Waals surface area contributed by atoms with Crippen LogP contribution in [0.1, 0.15) is 44.0 Å². The summed E-state index contributed by atoms with van der Waals surface area (Å²) in [5.41, 5.74) is 4.24. The lowest BCUT2D eigenvalue weighted by atomic mass is 10.1. The van der Waals surface area contributed by atoms with Gasteiger partial charge in [0.15, 0.2) is 0 Å². The predicted molar refractivity (Wildman–Crippen MR) is 200 cm³/mol. The molecule has 2 aromatic rings. The van der Waals surface area contributed by atoms with E-state index in [1.165, 1.54) is 17.1 Å². The number of allylic oxidation sites excluding steroid dienone is 1. The Balaban J connectivity index is 1.06. The Kier molecular flexibility index (Phi) is 12.0. The number of piperazine rings is 1. The predicted octanol–water partition coefficient (Wildman–Crippen LogP) is 5.40. The number of rotatable bonds is 9. The molecule has 0 aromatic heterocycles. The van der Waals surface area contributed by atoms with Crippen molar-refractivity contribution in [1.29, 1.82) is 0 Å². The summed E-state index contributed by atoms with van der Waals surface area (Å²) in [6.07, 6.45) is 6.94. The van der Waals surface area contributed by atoms with Crippen molar-refractivity contribution in [1.82, 2.24) is 24.5 Å². The third-order valence-electron chi connectivity index (χ3n) is 9.63. The highest BCUT2D eigenvalue weighted by Crippen LogP contribution is 2.37. The Labute approximate surface area is 296 Å². The molecular weight excluding hydrogens is 637 g/mol. The van der Waals surface area contributed by atoms with Gasteiger partial charge in [-0.2, -0.15) is 0 Å². The number of morpholine rings is 1. The minimum Gasteiger partial charge on any atom is -0.378 e. The van der Waals surface area contributed by atoms with Crippen molar-refractivity contribution in [2.75, 3.05) is 100 Å². The van der Waals surface area contributed by atoms with Gasteiger partial charge in [0.1, 0.15) is 0 Å². The Morgan fingerprint density at radius 1 is 0.796 bits per heavy atom. The van der Waals surface area contributed by atoms with Crippen molar-refractivity contribution in [2.45, 2.75) is 39.7 Å². The first-order chi connectivity index (χ1) is 23.9. The standard InChI is InChI=1S/C37H52N8O3S/c1-4-14-40-15-5-16-42(18-17-40)34-27-35(43-23-25-48-26-24-43)49-45(28-34)33-12-10-32(11-13-33)39-37(47)38-31-8-6-30(7-9-31)36(46)44-21-19-41(20-22-44)29(2)3/h6-13,27-29H,4-5,14-26H2,1-3H3,(H2,38,39,47). The zero-order valence-corrected chi connectivity index (χ0v) is 30.1. The molecule has 4 aliphatic rings. The van der Waals surface area contributed by atoms with Gasteiger partial charge in [0, 0.05) is 100 Å². The SMILES string of the molecule is CCCN1CCCN(C2=CN(c3ccc(NC(=O)Nc4ccc(C(=O)N5CCN(C(C)C)CC5)cc4)cc3)SC(N3CCOCC3)=C2)CC1. The maximum atomic E-state index is 13.0. The minimum absolute atomic E-state index is 0.0333. The number of anilines is 3. The number of hydrogen-bond donors (Lipinski definition) is 2. The lowest BCUT2D eigenvalue weighted by Crippen LogP contribution is -2.50. The van der Waals surface area contributed by atoms with Crippen molar-refractivity contribution in [2.24, 2.45) is 0 Å². The van der Waals surface area contributed by atoms with Crippen molar-refractivity contribution in [3.8, 4) is 0 Å². The van der Waals surface area contributed by atoms with E-state index in [0.717, 1.165) is 97.3 Å². The molecule has 0 saturated carbocycles. The second-order valence-corrected chi connectivity index (χ2v) is 14.4. The molecule has 6 rings (SSSR count). The molecule has 2 N–H and O–H groups in total. The van der Waals surface area contributed by atoms with Crippen LogP contribution in [0.5, 0.6) is 0 Å². The van der Waals surface area contributed by atoms with Crippen LogP contribution in [0.3, 0.4) is 0 Å². The maximum absolute atomic E-state index is 13.0. The summed E-state index contributed by atoms with van der Waals surface area (Å²) in [5.74, 6) is 0.0333. The highest BCUT2D eigenvalue weighted by molar-refractivity contribution is 8.04. The topological polar surface area (TPSA) is 86.9 Å². The number of benzene rings is 2. The second kappa shape index (κ2) is 16.8. The first-order valence-corrected chi connectivity index (χ1v) is 18.7. The number of carbonyl (C=O) groups excluding carboxylic acids is 2. The number of amides is 3. The second-order valence-electron chi connectivity index (χ2n) is 13.4. The lowest BCUT2D eigenvalue weighted by molar-refractivity contribution is 0.0575. The molecule has 12 heteroatoms. The third kappa shape index (κ3) is 9.30. The molecule has 0 unspecified atom stereocenters. The Morgan fingerprint density at radius 2 is 1.47 bits per heavy atom. The molecule has 4 heterocycles. The molecule has 0 radical (unpaired) electrons. The lowest BCUT2D eigenvalue weighted by Gasteiger charge is -2.37. The monoisotopic (exact) mass is 688 g/mol. The maximum Gasteiger partial charge on any atom is 0.323 e. The van der Waals surface area contributed by atoms with Gasteiger partial charge in [-0.15, -0.1) is 0 Å². The summed E-state index contributed by atoms with van der Waals surface area (Å²) in [6.45, 7) is 18.6. The summed E-state index contributed by atoms with van der Waals surface area (Å²) in [5, 5.41) is 7.08. The van der Waals surface area contributed by atoms with E-state index in [2.05, 4.69) is 67.6 Å². The summed E-state index contributed by atoms with van der Waals surface area (Å²) in [7, 11) is 0. The molecule has 264 valence electrons. The third-order valence-corrected chi connectivity index (χ3v) is 10.7. The van der Waals surface area contributed by atoms with Gasteiger partial charge in [-0.1, -0.05) is 6.92 Å². The summed E-state index contributed by atoms with van der Waals surface area (Å²) >= 11 is 1.73. The van der Waals surface area contributed by atoms with Crippen LogP contribution < -0.4 is 14.9 Å². The van der Waals surface area contributed by atoms with Crippen LogP contribution in [0.2, 0.25) is 0 Å². The van der Waals surface area contributed by atoms with Crippen LogP contribution in [0.25, 0.3) is 0 Å². The van der Waals surface area contributed by atoms with E-state index in [1.54, 1.807) is 36.2 Å². The molecule has 3 saturated heterocycles. The smallest absolute Gasteiger partial charge is 0.323 e. The van der Waals surface area contributed by atoms with Gasteiger partial charge in [0.25, 0.3) is 5.91 Å². The molecule has 0 bridgehead atoms.